The zero-order valence-electron chi connectivity index (χ0n) is 12.7. The summed E-state index contributed by atoms with van der Waals surface area (Å²) in [6.07, 6.45) is 5.02. The molecule has 0 aliphatic rings. The van der Waals surface area contributed by atoms with E-state index < -0.39 is 0 Å². The van der Waals surface area contributed by atoms with E-state index in [9.17, 15) is 10.1 Å². The SMILES string of the molecule is C=CCn1cc(C#N)c2cc(NC(=O)c3ccnc(Cl)c3)ccc21. The highest BCUT2D eigenvalue weighted by Gasteiger charge is 2.11. The van der Waals surface area contributed by atoms with E-state index in [-0.39, 0.29) is 11.1 Å². The van der Waals surface area contributed by atoms with Gasteiger partial charge in [-0.15, -0.1) is 6.58 Å². The standard InChI is InChI=1S/C18H13ClN4O/c1-2-7-23-11-13(10-20)15-9-14(3-4-16(15)23)22-18(24)12-5-6-21-17(19)8-12/h2-6,8-9,11H,1,7H2,(H,22,24). The largest absolute Gasteiger partial charge is 0.342 e. The number of pyridine rings is 1. The van der Waals surface area contributed by atoms with Crippen LogP contribution in [0.25, 0.3) is 10.9 Å². The first-order valence-electron chi connectivity index (χ1n) is 7.19. The minimum Gasteiger partial charge on any atom is -0.342 e. The van der Waals surface area contributed by atoms with Crippen LogP contribution < -0.4 is 5.32 Å². The van der Waals surface area contributed by atoms with Crippen molar-refractivity contribution in [2.75, 3.05) is 5.32 Å². The lowest BCUT2D eigenvalue weighted by Gasteiger charge is -2.07. The van der Waals surface area contributed by atoms with E-state index in [1.165, 1.54) is 12.3 Å². The third-order valence-electron chi connectivity index (χ3n) is 3.57. The van der Waals surface area contributed by atoms with Gasteiger partial charge in [-0.05, 0) is 30.3 Å². The number of halogens is 1. The Labute approximate surface area is 143 Å². The summed E-state index contributed by atoms with van der Waals surface area (Å²) in [5.74, 6) is -0.289. The lowest BCUT2D eigenvalue weighted by Crippen LogP contribution is -2.11. The van der Waals surface area contributed by atoms with Crippen LogP contribution in [0.15, 0.2) is 55.4 Å². The van der Waals surface area contributed by atoms with Gasteiger partial charge in [0, 0.05) is 41.1 Å². The minimum atomic E-state index is -0.289. The molecule has 1 amide bonds. The monoisotopic (exact) mass is 336 g/mol. The predicted octanol–water partition coefficient (Wildman–Crippen LogP) is 4.00. The van der Waals surface area contributed by atoms with E-state index in [1.54, 1.807) is 30.5 Å². The van der Waals surface area contributed by atoms with Gasteiger partial charge in [0.2, 0.25) is 0 Å². The van der Waals surface area contributed by atoms with Gasteiger partial charge in [0.15, 0.2) is 0 Å². The molecule has 2 aromatic heterocycles. The molecule has 3 aromatic rings. The van der Waals surface area contributed by atoms with Gasteiger partial charge in [0.1, 0.15) is 11.2 Å². The molecule has 3 rings (SSSR count). The third kappa shape index (κ3) is 3.00. The number of nitriles is 1. The smallest absolute Gasteiger partial charge is 0.255 e. The first-order valence-corrected chi connectivity index (χ1v) is 7.57. The van der Waals surface area contributed by atoms with Crippen LogP contribution >= 0.6 is 11.6 Å². The molecule has 2 heterocycles. The maximum atomic E-state index is 12.3. The Hall–Kier alpha value is -3.10. The number of anilines is 1. The van der Waals surface area contributed by atoms with Gasteiger partial charge in [-0.2, -0.15) is 5.26 Å². The first-order chi connectivity index (χ1) is 11.6. The fourth-order valence-electron chi connectivity index (χ4n) is 2.50. The molecule has 0 aliphatic carbocycles. The van der Waals surface area contributed by atoms with Crippen molar-refractivity contribution < 1.29 is 4.79 Å². The fraction of sp³-hybridized carbons (Fsp3) is 0.0556. The second-order valence-corrected chi connectivity index (χ2v) is 5.54. The second kappa shape index (κ2) is 6.57. The van der Waals surface area contributed by atoms with Crippen molar-refractivity contribution in [3.63, 3.8) is 0 Å². The van der Waals surface area contributed by atoms with Gasteiger partial charge in [0.05, 0.1) is 5.56 Å². The number of amides is 1. The molecule has 24 heavy (non-hydrogen) atoms. The molecule has 0 bridgehead atoms. The highest BCUT2D eigenvalue weighted by Crippen LogP contribution is 2.25. The van der Waals surface area contributed by atoms with E-state index in [0.717, 1.165) is 10.9 Å². The molecule has 0 radical (unpaired) electrons. The number of nitrogens with zero attached hydrogens (tertiary/aromatic N) is 3. The van der Waals surface area contributed by atoms with Crippen LogP contribution in [0.4, 0.5) is 5.69 Å². The molecule has 0 spiro atoms. The molecule has 118 valence electrons. The topological polar surface area (TPSA) is 70.7 Å². The number of benzene rings is 1. The van der Waals surface area contributed by atoms with Crippen molar-refractivity contribution in [1.29, 1.82) is 5.26 Å². The molecule has 6 heteroatoms. The maximum Gasteiger partial charge on any atom is 0.255 e. The molecule has 0 unspecified atom stereocenters. The molecule has 0 saturated heterocycles. The molecule has 0 saturated carbocycles. The Bertz CT molecular complexity index is 984. The summed E-state index contributed by atoms with van der Waals surface area (Å²) in [7, 11) is 0. The van der Waals surface area contributed by atoms with Crippen molar-refractivity contribution in [3.8, 4) is 6.07 Å². The zero-order valence-corrected chi connectivity index (χ0v) is 13.4. The molecule has 0 atom stereocenters. The molecule has 1 aromatic carbocycles. The first kappa shape index (κ1) is 15.8. The van der Waals surface area contributed by atoms with E-state index in [0.29, 0.717) is 23.4 Å². The zero-order chi connectivity index (χ0) is 17.1. The number of rotatable bonds is 4. The summed E-state index contributed by atoms with van der Waals surface area (Å²) in [6.45, 7) is 4.33. The van der Waals surface area contributed by atoms with Crippen LogP contribution in [0.3, 0.4) is 0 Å². The van der Waals surface area contributed by atoms with Crippen molar-refractivity contribution in [2.45, 2.75) is 6.54 Å². The lowest BCUT2D eigenvalue weighted by molar-refractivity contribution is 0.102. The minimum absolute atomic E-state index is 0.256. The van der Waals surface area contributed by atoms with Crippen LogP contribution in [0.2, 0.25) is 5.15 Å². The van der Waals surface area contributed by atoms with Gasteiger partial charge >= 0.3 is 0 Å². The number of carbonyl (C=O) groups is 1. The van der Waals surface area contributed by atoms with Crippen molar-refractivity contribution in [3.05, 3.63) is 71.7 Å². The van der Waals surface area contributed by atoms with Gasteiger partial charge < -0.3 is 9.88 Å². The molecular formula is C18H13ClN4O. The van der Waals surface area contributed by atoms with Crippen LogP contribution in [-0.2, 0) is 6.54 Å². The summed E-state index contributed by atoms with van der Waals surface area (Å²) in [5.41, 5.74) is 2.49. The average molecular weight is 337 g/mol. The molecule has 0 fully saturated rings. The number of hydrogen-bond donors (Lipinski definition) is 1. The fourth-order valence-corrected chi connectivity index (χ4v) is 2.67. The Morgan fingerprint density at radius 1 is 1.42 bits per heavy atom. The summed E-state index contributed by atoms with van der Waals surface area (Å²) in [4.78, 5) is 16.1. The highest BCUT2D eigenvalue weighted by atomic mass is 35.5. The van der Waals surface area contributed by atoms with Crippen LogP contribution in [0.5, 0.6) is 0 Å². The predicted molar refractivity (Wildman–Crippen MR) is 94.1 cm³/mol. The van der Waals surface area contributed by atoms with E-state index in [1.807, 2.05) is 10.6 Å². The second-order valence-electron chi connectivity index (χ2n) is 5.15. The number of allylic oxidation sites excluding steroid dienone is 1. The highest BCUT2D eigenvalue weighted by molar-refractivity contribution is 6.29. The van der Waals surface area contributed by atoms with Crippen LogP contribution in [-0.4, -0.2) is 15.5 Å². The Morgan fingerprint density at radius 2 is 2.25 bits per heavy atom. The summed E-state index contributed by atoms with van der Waals surface area (Å²) in [5, 5.41) is 13.1. The summed E-state index contributed by atoms with van der Waals surface area (Å²) >= 11 is 5.80. The van der Waals surface area contributed by atoms with Gasteiger partial charge in [0.25, 0.3) is 5.91 Å². The van der Waals surface area contributed by atoms with Crippen LogP contribution in [0.1, 0.15) is 15.9 Å². The summed E-state index contributed by atoms with van der Waals surface area (Å²) in [6, 6.07) is 10.7. The van der Waals surface area contributed by atoms with Gasteiger partial charge in [-0.1, -0.05) is 17.7 Å². The number of aromatic nitrogens is 2. The Kier molecular flexibility index (Phi) is 4.32. The molecule has 1 N–H and O–H groups in total. The maximum absolute atomic E-state index is 12.3. The van der Waals surface area contributed by atoms with E-state index in [2.05, 4.69) is 22.9 Å². The van der Waals surface area contributed by atoms with Crippen molar-refractivity contribution >= 4 is 34.1 Å². The molecule has 5 nitrogen and oxygen atoms in total. The van der Waals surface area contributed by atoms with Crippen molar-refractivity contribution in [1.82, 2.24) is 9.55 Å². The third-order valence-corrected chi connectivity index (χ3v) is 3.78. The van der Waals surface area contributed by atoms with Gasteiger partial charge in [-0.25, -0.2) is 4.98 Å². The van der Waals surface area contributed by atoms with Crippen LogP contribution in [0, 0.1) is 11.3 Å². The van der Waals surface area contributed by atoms with E-state index >= 15 is 0 Å². The molecular weight excluding hydrogens is 324 g/mol. The lowest BCUT2D eigenvalue weighted by atomic mass is 10.1. The number of hydrogen-bond acceptors (Lipinski definition) is 3. The Balaban J connectivity index is 1.95. The Morgan fingerprint density at radius 3 is 2.96 bits per heavy atom. The quantitative estimate of drug-likeness (QED) is 0.578. The van der Waals surface area contributed by atoms with E-state index in [4.69, 9.17) is 11.6 Å². The number of nitrogens with one attached hydrogen (secondary N) is 1. The van der Waals surface area contributed by atoms with Crippen molar-refractivity contribution in [2.24, 2.45) is 0 Å². The summed E-state index contributed by atoms with van der Waals surface area (Å²) < 4.78 is 1.94. The van der Waals surface area contributed by atoms with Gasteiger partial charge in [-0.3, -0.25) is 4.79 Å². The average Bonchev–Trinajstić information content (AvgIpc) is 2.92. The normalized spacial score (nSPS) is 10.3. The number of carbonyl (C=O) groups excluding carboxylic acids is 1. The number of fused-ring (bicyclic) bond motifs is 1. The molecule has 0 aliphatic heterocycles.